The van der Waals surface area contributed by atoms with Crippen LogP contribution in [-0.2, 0) is 4.74 Å². The zero-order chi connectivity index (χ0) is 19.6. The molecule has 1 aromatic carbocycles. The van der Waals surface area contributed by atoms with E-state index in [1.54, 1.807) is 25.8 Å². The number of methoxy groups -OCH3 is 1. The lowest BCUT2D eigenvalue weighted by Crippen LogP contribution is -2.36. The van der Waals surface area contributed by atoms with Gasteiger partial charge in [-0.15, -0.1) is 0 Å². The largest absolute Gasteiger partial charge is 0.496 e. The highest BCUT2D eigenvalue weighted by Crippen LogP contribution is 2.33. The summed E-state index contributed by atoms with van der Waals surface area (Å²) in [5.74, 6) is 1.67. The number of fused-ring (bicyclic) bond motifs is 1. The zero-order valence-electron chi connectivity index (χ0n) is 16.0. The van der Waals surface area contributed by atoms with Crippen LogP contribution in [0.2, 0.25) is 0 Å². The second-order valence-electron chi connectivity index (χ2n) is 6.77. The minimum Gasteiger partial charge on any atom is -0.496 e. The number of benzene rings is 1. The fraction of sp³-hybridized carbons (Fsp3) is 0.238. The Labute approximate surface area is 169 Å². The van der Waals surface area contributed by atoms with Gasteiger partial charge in [0, 0.05) is 43.9 Å². The highest BCUT2D eigenvalue weighted by molar-refractivity contribution is 5.95. The van der Waals surface area contributed by atoms with E-state index in [2.05, 4.69) is 36.1 Å². The van der Waals surface area contributed by atoms with Crippen LogP contribution in [0.15, 0.2) is 49.1 Å². The molecule has 1 aliphatic heterocycles. The predicted octanol–water partition coefficient (Wildman–Crippen LogP) is 3.17. The van der Waals surface area contributed by atoms with Gasteiger partial charge in [0.15, 0.2) is 0 Å². The van der Waals surface area contributed by atoms with E-state index < -0.39 is 0 Å². The highest BCUT2D eigenvalue weighted by atomic mass is 16.5. The average molecular weight is 390 g/mol. The molecular weight excluding hydrogens is 368 g/mol. The number of hydrogen-bond donors (Lipinski definition) is 1. The van der Waals surface area contributed by atoms with Crippen LogP contribution in [-0.4, -0.2) is 58.6 Å². The quantitative estimate of drug-likeness (QED) is 0.572. The summed E-state index contributed by atoms with van der Waals surface area (Å²) >= 11 is 0. The SMILES string of the molecule is COc1ccncc1-c1ccc2[nH]nc(-c3cc(N4CCOCC4)ncn3)c2c1.[HH]. The summed E-state index contributed by atoms with van der Waals surface area (Å²) in [4.78, 5) is 15.4. The van der Waals surface area contributed by atoms with E-state index in [0.717, 1.165) is 58.1 Å². The molecule has 4 heterocycles. The van der Waals surface area contributed by atoms with Gasteiger partial charge in [-0.3, -0.25) is 10.1 Å². The fourth-order valence-electron chi connectivity index (χ4n) is 3.60. The van der Waals surface area contributed by atoms with Crippen LogP contribution >= 0.6 is 0 Å². The zero-order valence-corrected chi connectivity index (χ0v) is 16.0. The third kappa shape index (κ3) is 3.27. The van der Waals surface area contributed by atoms with Gasteiger partial charge in [0.25, 0.3) is 0 Å². The fourth-order valence-corrected chi connectivity index (χ4v) is 3.60. The van der Waals surface area contributed by atoms with Crippen molar-refractivity contribution in [1.82, 2.24) is 25.1 Å². The normalized spacial score (nSPS) is 14.3. The van der Waals surface area contributed by atoms with Crippen LogP contribution in [0.3, 0.4) is 0 Å². The lowest BCUT2D eigenvalue weighted by molar-refractivity contribution is 0.122. The number of hydrogen-bond acceptors (Lipinski definition) is 7. The first-order valence-corrected chi connectivity index (χ1v) is 9.45. The van der Waals surface area contributed by atoms with Gasteiger partial charge in [-0.1, -0.05) is 6.07 Å². The maximum Gasteiger partial charge on any atom is 0.132 e. The number of morpholine rings is 1. The molecule has 0 bridgehead atoms. The van der Waals surface area contributed by atoms with Gasteiger partial charge < -0.3 is 14.4 Å². The summed E-state index contributed by atoms with van der Waals surface area (Å²) in [6, 6.07) is 9.97. The summed E-state index contributed by atoms with van der Waals surface area (Å²) in [6.07, 6.45) is 5.12. The van der Waals surface area contributed by atoms with Crippen molar-refractivity contribution in [1.29, 1.82) is 0 Å². The monoisotopic (exact) mass is 390 g/mol. The van der Waals surface area contributed by atoms with E-state index in [1.807, 2.05) is 24.3 Å². The summed E-state index contributed by atoms with van der Waals surface area (Å²) in [7, 11) is 1.66. The Morgan fingerprint density at radius 1 is 1.14 bits per heavy atom. The Bertz CT molecular complexity index is 1160. The smallest absolute Gasteiger partial charge is 0.132 e. The molecule has 0 saturated carbocycles. The van der Waals surface area contributed by atoms with E-state index in [4.69, 9.17) is 9.47 Å². The molecule has 0 aliphatic carbocycles. The Morgan fingerprint density at radius 3 is 2.90 bits per heavy atom. The molecule has 0 radical (unpaired) electrons. The van der Waals surface area contributed by atoms with Crippen molar-refractivity contribution in [3.63, 3.8) is 0 Å². The number of rotatable bonds is 4. The Kier molecular flexibility index (Phi) is 4.53. The van der Waals surface area contributed by atoms with Crippen LogP contribution in [0, 0.1) is 0 Å². The summed E-state index contributed by atoms with van der Waals surface area (Å²) in [6.45, 7) is 3.06. The summed E-state index contributed by atoms with van der Waals surface area (Å²) < 4.78 is 10.9. The Hall–Kier alpha value is -3.52. The van der Waals surface area contributed by atoms with Crippen LogP contribution in [0.4, 0.5) is 5.82 Å². The molecule has 8 heteroatoms. The average Bonchev–Trinajstić information content (AvgIpc) is 3.23. The van der Waals surface area contributed by atoms with Gasteiger partial charge in [0.2, 0.25) is 0 Å². The summed E-state index contributed by atoms with van der Waals surface area (Å²) in [5, 5.41) is 8.61. The first-order chi connectivity index (χ1) is 14.3. The van der Waals surface area contributed by atoms with E-state index in [-0.39, 0.29) is 1.43 Å². The molecule has 1 saturated heterocycles. The van der Waals surface area contributed by atoms with Crippen LogP contribution in [0.5, 0.6) is 5.75 Å². The van der Waals surface area contributed by atoms with Crippen molar-refractivity contribution < 1.29 is 10.9 Å². The second kappa shape index (κ2) is 7.48. The lowest BCUT2D eigenvalue weighted by Gasteiger charge is -2.27. The minimum absolute atomic E-state index is 0. The van der Waals surface area contributed by atoms with Gasteiger partial charge in [0.05, 0.1) is 31.5 Å². The second-order valence-corrected chi connectivity index (χ2v) is 6.77. The first-order valence-electron chi connectivity index (χ1n) is 9.45. The predicted molar refractivity (Wildman–Crippen MR) is 112 cm³/mol. The molecule has 0 unspecified atom stereocenters. The Balaban J connectivity index is 0.00000218. The van der Waals surface area contributed by atoms with Crippen LogP contribution < -0.4 is 9.64 Å². The molecule has 1 fully saturated rings. The molecule has 4 aromatic rings. The number of aromatic amines is 1. The van der Waals surface area contributed by atoms with Gasteiger partial charge in [-0.2, -0.15) is 5.10 Å². The van der Waals surface area contributed by atoms with E-state index in [1.165, 1.54) is 0 Å². The van der Waals surface area contributed by atoms with Crippen molar-refractivity contribution in [2.24, 2.45) is 0 Å². The molecule has 0 atom stereocenters. The number of H-pyrrole nitrogens is 1. The van der Waals surface area contributed by atoms with Crippen molar-refractivity contribution in [3.05, 3.63) is 49.1 Å². The molecular formula is C21H22N6O2. The number of pyridine rings is 1. The molecule has 148 valence electrons. The van der Waals surface area contributed by atoms with Gasteiger partial charge in [0.1, 0.15) is 23.6 Å². The molecule has 0 amide bonds. The molecule has 29 heavy (non-hydrogen) atoms. The van der Waals surface area contributed by atoms with Gasteiger partial charge in [-0.05, 0) is 23.8 Å². The third-order valence-corrected chi connectivity index (χ3v) is 5.11. The third-order valence-electron chi connectivity index (χ3n) is 5.11. The number of anilines is 1. The van der Waals surface area contributed by atoms with Gasteiger partial charge in [-0.25, -0.2) is 9.97 Å². The highest BCUT2D eigenvalue weighted by Gasteiger charge is 2.16. The van der Waals surface area contributed by atoms with Crippen molar-refractivity contribution in [2.75, 3.05) is 38.3 Å². The van der Waals surface area contributed by atoms with Crippen LogP contribution in [0.1, 0.15) is 1.43 Å². The number of ether oxygens (including phenoxy) is 2. The van der Waals surface area contributed by atoms with Crippen LogP contribution in [0.25, 0.3) is 33.4 Å². The standard InChI is InChI=1S/C21H20N6O2.H2/c1-28-19-4-5-22-12-16(19)14-2-3-17-15(10-14)21(26-25-17)18-11-20(24-13-23-18)27-6-8-29-9-7-27;/h2-5,10-13H,6-9H2,1H3,(H,25,26);1H. The summed E-state index contributed by atoms with van der Waals surface area (Å²) in [5.41, 5.74) is 4.45. The van der Waals surface area contributed by atoms with Crippen molar-refractivity contribution in [2.45, 2.75) is 0 Å². The topological polar surface area (TPSA) is 89.0 Å². The van der Waals surface area contributed by atoms with E-state index in [0.29, 0.717) is 13.2 Å². The Morgan fingerprint density at radius 2 is 2.03 bits per heavy atom. The van der Waals surface area contributed by atoms with E-state index >= 15 is 0 Å². The molecule has 1 N–H and O–H groups in total. The number of nitrogens with one attached hydrogen (secondary N) is 1. The van der Waals surface area contributed by atoms with E-state index in [9.17, 15) is 0 Å². The number of nitrogens with zero attached hydrogens (tertiary/aromatic N) is 5. The van der Waals surface area contributed by atoms with Gasteiger partial charge >= 0.3 is 0 Å². The number of aromatic nitrogens is 5. The molecule has 5 rings (SSSR count). The molecule has 0 spiro atoms. The maximum atomic E-state index is 5.49. The molecule has 3 aromatic heterocycles. The lowest BCUT2D eigenvalue weighted by atomic mass is 10.0. The maximum absolute atomic E-state index is 5.49. The van der Waals surface area contributed by atoms with Crippen molar-refractivity contribution >= 4 is 16.7 Å². The first kappa shape index (κ1) is 17.6. The van der Waals surface area contributed by atoms with Crippen molar-refractivity contribution in [3.8, 4) is 28.3 Å². The minimum atomic E-state index is 0. The molecule has 8 nitrogen and oxygen atoms in total. The molecule has 1 aliphatic rings.